The smallest absolute Gasteiger partial charge is 0.256 e. The predicted octanol–water partition coefficient (Wildman–Crippen LogP) is 4.02. The molecule has 29 heavy (non-hydrogen) atoms. The molecule has 1 atom stereocenters. The fraction of sp³-hybridized carbons (Fsp3) is 0.455. The number of nitrogens with two attached hydrogens (primary N) is 1. The highest BCUT2D eigenvalue weighted by atomic mass is 32.1. The summed E-state index contributed by atoms with van der Waals surface area (Å²) in [4.78, 5) is 26.2. The van der Waals surface area contributed by atoms with Crippen LogP contribution in [-0.4, -0.2) is 25.0 Å². The second-order valence-electron chi connectivity index (χ2n) is 8.69. The number of primary amides is 1. The van der Waals surface area contributed by atoms with Crippen molar-refractivity contribution in [2.24, 2.45) is 17.1 Å². The second kappa shape index (κ2) is 7.37. The Morgan fingerprint density at radius 1 is 1.17 bits per heavy atom. The molecule has 0 saturated carbocycles. The van der Waals surface area contributed by atoms with E-state index in [2.05, 4.69) is 26.1 Å². The van der Waals surface area contributed by atoms with E-state index < -0.39 is 5.91 Å². The summed E-state index contributed by atoms with van der Waals surface area (Å²) in [5.41, 5.74) is 7.80. The van der Waals surface area contributed by atoms with E-state index in [4.69, 9.17) is 15.2 Å². The van der Waals surface area contributed by atoms with Gasteiger partial charge in [-0.15, -0.1) is 11.3 Å². The fourth-order valence-electron chi connectivity index (χ4n) is 4.03. The van der Waals surface area contributed by atoms with Gasteiger partial charge in [0.25, 0.3) is 11.8 Å². The van der Waals surface area contributed by atoms with Crippen LogP contribution in [0.3, 0.4) is 0 Å². The lowest BCUT2D eigenvalue weighted by Gasteiger charge is -2.33. The zero-order chi connectivity index (χ0) is 20.8. The summed E-state index contributed by atoms with van der Waals surface area (Å²) in [7, 11) is 0. The van der Waals surface area contributed by atoms with E-state index in [1.807, 2.05) is 0 Å². The van der Waals surface area contributed by atoms with Gasteiger partial charge in [-0.3, -0.25) is 9.59 Å². The Morgan fingerprint density at radius 2 is 1.90 bits per heavy atom. The highest BCUT2D eigenvalue weighted by Crippen LogP contribution is 2.44. The van der Waals surface area contributed by atoms with E-state index in [0.29, 0.717) is 46.8 Å². The Hall–Kier alpha value is -2.54. The number of fused-ring (bicyclic) bond motifs is 2. The molecule has 0 fully saturated rings. The summed E-state index contributed by atoms with van der Waals surface area (Å²) in [6, 6.07) is 5.08. The van der Waals surface area contributed by atoms with Crippen LogP contribution in [0, 0.1) is 11.3 Å². The van der Waals surface area contributed by atoms with Crippen molar-refractivity contribution in [3.63, 3.8) is 0 Å². The first kappa shape index (κ1) is 19.8. The summed E-state index contributed by atoms with van der Waals surface area (Å²) < 4.78 is 11.1. The molecule has 1 aromatic carbocycles. The van der Waals surface area contributed by atoms with Gasteiger partial charge in [0, 0.05) is 10.4 Å². The Morgan fingerprint density at radius 3 is 2.59 bits per heavy atom. The van der Waals surface area contributed by atoms with Gasteiger partial charge in [0.05, 0.1) is 5.56 Å². The van der Waals surface area contributed by atoms with Crippen LogP contribution in [0.1, 0.15) is 58.3 Å². The fourth-order valence-corrected chi connectivity index (χ4v) is 5.36. The molecule has 0 bridgehead atoms. The number of benzene rings is 1. The number of nitrogens with one attached hydrogen (secondary N) is 1. The molecule has 1 aromatic heterocycles. The van der Waals surface area contributed by atoms with Crippen molar-refractivity contribution in [1.29, 1.82) is 0 Å². The summed E-state index contributed by atoms with van der Waals surface area (Å²) in [5, 5.41) is 3.45. The molecule has 3 N–H and O–H groups in total. The molecule has 2 aliphatic rings. The zero-order valence-corrected chi connectivity index (χ0v) is 17.8. The highest BCUT2D eigenvalue weighted by molar-refractivity contribution is 7.17. The largest absolute Gasteiger partial charge is 0.486 e. The molecule has 2 aromatic rings. The van der Waals surface area contributed by atoms with E-state index in [1.165, 1.54) is 11.3 Å². The molecule has 0 radical (unpaired) electrons. The molecule has 6 nitrogen and oxygen atoms in total. The number of thiophene rings is 1. The Balaban J connectivity index is 1.61. The maximum Gasteiger partial charge on any atom is 0.256 e. The van der Waals surface area contributed by atoms with E-state index in [0.717, 1.165) is 29.7 Å². The van der Waals surface area contributed by atoms with E-state index in [-0.39, 0.29) is 11.3 Å². The third-order valence-electron chi connectivity index (χ3n) is 5.77. The first-order valence-electron chi connectivity index (χ1n) is 9.89. The monoisotopic (exact) mass is 414 g/mol. The first-order chi connectivity index (χ1) is 13.7. The number of ether oxygens (including phenoxy) is 2. The molecule has 0 spiro atoms. The SMILES string of the molecule is CC(C)(C)[C@@H]1CCc2c(sc(NC(=O)c3ccc4c(c3)OCCO4)c2C(N)=O)C1. The van der Waals surface area contributed by atoms with Crippen molar-refractivity contribution in [3.05, 3.63) is 39.8 Å². The van der Waals surface area contributed by atoms with Crippen molar-refractivity contribution in [2.45, 2.75) is 40.0 Å². The van der Waals surface area contributed by atoms with Crippen molar-refractivity contribution >= 4 is 28.2 Å². The third kappa shape index (κ3) is 3.83. The lowest BCUT2D eigenvalue weighted by molar-refractivity contribution is 0.1000. The van der Waals surface area contributed by atoms with Gasteiger partial charge in [-0.1, -0.05) is 20.8 Å². The number of anilines is 1. The van der Waals surface area contributed by atoms with Crippen molar-refractivity contribution in [2.75, 3.05) is 18.5 Å². The van der Waals surface area contributed by atoms with Gasteiger partial charge in [-0.25, -0.2) is 0 Å². The van der Waals surface area contributed by atoms with Crippen molar-refractivity contribution in [3.8, 4) is 11.5 Å². The van der Waals surface area contributed by atoms with Crippen molar-refractivity contribution in [1.82, 2.24) is 0 Å². The number of hydrogen-bond donors (Lipinski definition) is 2. The zero-order valence-electron chi connectivity index (χ0n) is 17.0. The molecular weight excluding hydrogens is 388 g/mol. The number of rotatable bonds is 3. The molecule has 2 heterocycles. The van der Waals surface area contributed by atoms with Gasteiger partial charge in [0.15, 0.2) is 11.5 Å². The maximum atomic E-state index is 12.9. The van der Waals surface area contributed by atoms with Crippen LogP contribution in [0.15, 0.2) is 18.2 Å². The van der Waals surface area contributed by atoms with E-state index in [1.54, 1.807) is 18.2 Å². The Bertz CT molecular complexity index is 974. The van der Waals surface area contributed by atoms with Crippen molar-refractivity contribution < 1.29 is 19.1 Å². The van der Waals surface area contributed by atoms with Gasteiger partial charge in [-0.05, 0) is 54.4 Å². The summed E-state index contributed by atoms with van der Waals surface area (Å²) in [6.45, 7) is 7.69. The van der Waals surface area contributed by atoms with Crippen LogP contribution in [0.5, 0.6) is 11.5 Å². The van der Waals surface area contributed by atoms with Crippen LogP contribution in [0.25, 0.3) is 0 Å². The number of carbonyl (C=O) groups is 2. The van der Waals surface area contributed by atoms with Crippen LogP contribution in [0.4, 0.5) is 5.00 Å². The van der Waals surface area contributed by atoms with Crippen LogP contribution < -0.4 is 20.5 Å². The van der Waals surface area contributed by atoms with Gasteiger partial charge < -0.3 is 20.5 Å². The molecule has 2 amide bonds. The van der Waals surface area contributed by atoms with Crippen LogP contribution in [-0.2, 0) is 12.8 Å². The average molecular weight is 415 g/mol. The quantitative estimate of drug-likeness (QED) is 0.794. The third-order valence-corrected chi connectivity index (χ3v) is 6.94. The minimum Gasteiger partial charge on any atom is -0.486 e. The van der Waals surface area contributed by atoms with E-state index in [9.17, 15) is 9.59 Å². The molecule has 7 heteroatoms. The molecular formula is C22H26N2O4S. The average Bonchev–Trinajstić information content (AvgIpc) is 3.04. The first-order valence-corrected chi connectivity index (χ1v) is 10.7. The van der Waals surface area contributed by atoms with Crippen LogP contribution >= 0.6 is 11.3 Å². The summed E-state index contributed by atoms with van der Waals surface area (Å²) >= 11 is 1.47. The number of hydrogen-bond acceptors (Lipinski definition) is 5. The lowest BCUT2D eigenvalue weighted by atomic mass is 9.72. The van der Waals surface area contributed by atoms with Crippen LogP contribution in [0.2, 0.25) is 0 Å². The minimum absolute atomic E-state index is 0.198. The molecule has 0 unspecified atom stereocenters. The maximum absolute atomic E-state index is 12.9. The second-order valence-corrected chi connectivity index (χ2v) is 9.80. The molecule has 154 valence electrons. The topological polar surface area (TPSA) is 90.7 Å². The molecule has 1 aliphatic heterocycles. The van der Waals surface area contributed by atoms with Gasteiger partial charge in [-0.2, -0.15) is 0 Å². The van der Waals surface area contributed by atoms with Gasteiger partial charge in [0.2, 0.25) is 0 Å². The molecule has 1 aliphatic carbocycles. The normalized spacial score (nSPS) is 18.1. The number of amides is 2. The molecule has 4 rings (SSSR count). The van der Waals surface area contributed by atoms with E-state index >= 15 is 0 Å². The predicted molar refractivity (Wildman–Crippen MR) is 113 cm³/mol. The lowest BCUT2D eigenvalue weighted by Crippen LogP contribution is -2.27. The summed E-state index contributed by atoms with van der Waals surface area (Å²) in [6.07, 6.45) is 2.73. The Kier molecular flexibility index (Phi) is 5.02. The highest BCUT2D eigenvalue weighted by Gasteiger charge is 2.33. The summed E-state index contributed by atoms with van der Waals surface area (Å²) in [5.74, 6) is 0.934. The van der Waals surface area contributed by atoms with Gasteiger partial charge >= 0.3 is 0 Å². The minimum atomic E-state index is -0.491. The standard InChI is InChI=1S/C22H26N2O4S/c1-22(2,3)13-5-6-14-17(11-13)29-21(18(14)19(23)25)24-20(26)12-4-7-15-16(10-12)28-9-8-27-15/h4,7,10,13H,5-6,8-9,11H2,1-3H3,(H2,23,25)(H,24,26)/t13-/m1/s1. The number of carbonyl (C=O) groups excluding carboxylic acids is 2. The van der Waals surface area contributed by atoms with Gasteiger partial charge in [0.1, 0.15) is 18.2 Å². The molecule has 0 saturated heterocycles. The Labute approximate surface area is 174 Å².